The molecule has 0 bridgehead atoms. The summed E-state index contributed by atoms with van der Waals surface area (Å²) in [6, 6.07) is 11.7. The molecule has 352 valence electrons. The van der Waals surface area contributed by atoms with Crippen molar-refractivity contribution in [1.29, 1.82) is 0 Å². The van der Waals surface area contributed by atoms with Gasteiger partial charge in [-0.15, -0.1) is 0 Å². The van der Waals surface area contributed by atoms with Gasteiger partial charge in [-0.3, -0.25) is 4.79 Å². The lowest BCUT2D eigenvalue weighted by molar-refractivity contribution is -0.350. The van der Waals surface area contributed by atoms with Gasteiger partial charge < -0.3 is 98.5 Å². The second kappa shape index (κ2) is 19.5. The van der Waals surface area contributed by atoms with Crippen LogP contribution >= 0.6 is 0 Å². The van der Waals surface area contributed by atoms with Crippen LogP contribution in [0.25, 0.3) is 28.4 Å². The molecule has 22 heteroatoms. The highest BCUT2D eigenvalue weighted by molar-refractivity contribution is 5.88. The van der Waals surface area contributed by atoms with Crippen LogP contribution in [0.5, 0.6) is 34.5 Å². The summed E-state index contributed by atoms with van der Waals surface area (Å²) in [4.78, 5) is 26.6. The Kier molecular flexibility index (Phi) is 14.2. The lowest BCUT2D eigenvalue weighted by Crippen LogP contribution is -2.64. The molecule has 3 fully saturated rings. The summed E-state index contributed by atoms with van der Waals surface area (Å²) in [5.41, 5.74) is -0.669. The van der Waals surface area contributed by atoms with Crippen LogP contribution in [0.1, 0.15) is 19.4 Å². The van der Waals surface area contributed by atoms with Crippen LogP contribution in [-0.4, -0.2) is 168 Å². The Balaban J connectivity index is 1.09. The Morgan fingerprint density at radius 3 is 2.03 bits per heavy atom. The second-order valence-corrected chi connectivity index (χ2v) is 15.6. The van der Waals surface area contributed by atoms with Crippen molar-refractivity contribution in [3.8, 4) is 45.8 Å². The number of benzene rings is 3. The molecule has 1 aromatic heterocycles. The average molecular weight is 917 g/mol. The van der Waals surface area contributed by atoms with Crippen molar-refractivity contribution in [2.75, 3.05) is 13.7 Å². The molecule has 0 radical (unpaired) electrons. The average Bonchev–Trinajstić information content (AvgIpc) is 3.28. The maximum Gasteiger partial charge on any atom is 0.330 e. The van der Waals surface area contributed by atoms with E-state index in [1.165, 1.54) is 69.5 Å². The number of aliphatic hydroxyl groups excluding tert-OH is 8. The first kappa shape index (κ1) is 47.4. The number of phenolic OH excluding ortho intramolecular Hbond substituents is 3. The number of ether oxygens (including phenoxy) is 8. The van der Waals surface area contributed by atoms with Crippen molar-refractivity contribution in [2.24, 2.45) is 0 Å². The van der Waals surface area contributed by atoms with Gasteiger partial charge in [-0.2, -0.15) is 0 Å². The number of phenols is 3. The molecule has 0 saturated carbocycles. The first-order valence-electron chi connectivity index (χ1n) is 20.1. The summed E-state index contributed by atoms with van der Waals surface area (Å²) in [5, 5.41) is 116. The van der Waals surface area contributed by atoms with Crippen molar-refractivity contribution in [1.82, 2.24) is 0 Å². The topological polar surface area (TPSA) is 344 Å². The summed E-state index contributed by atoms with van der Waals surface area (Å²) in [7, 11) is 1.35. The zero-order chi connectivity index (χ0) is 47.0. The highest BCUT2D eigenvalue weighted by Gasteiger charge is 2.51. The number of carbonyl (C=O) groups excluding carboxylic acids is 1. The number of aromatic hydroxyl groups is 3. The van der Waals surface area contributed by atoms with E-state index in [0.29, 0.717) is 5.56 Å². The number of hydrogen-bond donors (Lipinski definition) is 11. The predicted molar refractivity (Wildman–Crippen MR) is 217 cm³/mol. The molecule has 0 spiro atoms. The molecule has 7 rings (SSSR count). The first-order valence-corrected chi connectivity index (χ1v) is 20.1. The monoisotopic (exact) mass is 916 g/mol. The van der Waals surface area contributed by atoms with Gasteiger partial charge in [0.05, 0.1) is 19.3 Å². The van der Waals surface area contributed by atoms with E-state index >= 15 is 0 Å². The van der Waals surface area contributed by atoms with E-state index in [-0.39, 0.29) is 39.9 Å². The molecule has 4 aromatic rings. The van der Waals surface area contributed by atoms with E-state index in [1.54, 1.807) is 0 Å². The van der Waals surface area contributed by atoms with Crippen molar-refractivity contribution in [3.63, 3.8) is 0 Å². The maximum absolute atomic E-state index is 14.1. The fraction of sp³-hybridized carbons (Fsp3) is 0.442. The summed E-state index contributed by atoms with van der Waals surface area (Å²) < 4.78 is 50.6. The van der Waals surface area contributed by atoms with Gasteiger partial charge in [0.2, 0.25) is 23.8 Å². The third-order valence-electron chi connectivity index (χ3n) is 11.1. The van der Waals surface area contributed by atoms with Crippen molar-refractivity contribution < 1.29 is 103 Å². The molecule has 11 N–H and O–H groups in total. The molecular formula is C43H48O22. The van der Waals surface area contributed by atoms with Gasteiger partial charge in [0.25, 0.3) is 0 Å². The SMILES string of the molecule is COc1cc(C=CC(=O)OC[C@@H]2O[C@@H](O[C@@H]3[C@@H](O)[C@H](Oc4cc(O)c5c(=O)c(O[C@@H]6O[C@H](C)[C@H](O)[C@@H](O)[C@@H]6O)c(-c6ccc(O)cc6)oc5c4)O[C@@H](C)[C@H]3O)[C@H](O)[C@H](O)[C@H]2O)ccc1O. The smallest absolute Gasteiger partial charge is 0.330 e. The quantitative estimate of drug-likeness (QED) is 0.0605. The Morgan fingerprint density at radius 2 is 1.34 bits per heavy atom. The first-order chi connectivity index (χ1) is 30.9. The standard InChI is InChI=1S/C43H48O22/c1-16-29(48)33(52)35(54)41(59-16)65-40-32(51)28-23(46)13-21(14-25(28)62-38(40)19-6-8-20(44)9-7-19)61-43-37(56)39(30(49)17(2)60-43)64-42-36(55)34(53)31(50)26(63-42)15-58-27(47)11-5-18-4-10-22(45)24(12-18)57-3/h4-14,16-17,26,29-31,33-37,39,41-46,48-50,52-56H,15H2,1-3H3/t16-,17+,26+,29+,30-,31+,33-,34-,35+,36-,37-,39+,41+,42+,43+/m1/s1. The van der Waals surface area contributed by atoms with E-state index in [2.05, 4.69) is 0 Å². The summed E-state index contributed by atoms with van der Waals surface area (Å²) in [5.74, 6) is -2.88. The summed E-state index contributed by atoms with van der Waals surface area (Å²) >= 11 is 0. The molecule has 22 nitrogen and oxygen atoms in total. The van der Waals surface area contributed by atoms with Crippen molar-refractivity contribution in [3.05, 3.63) is 76.5 Å². The van der Waals surface area contributed by atoms with Gasteiger partial charge in [-0.05, 0) is 61.9 Å². The van der Waals surface area contributed by atoms with Gasteiger partial charge in [0, 0.05) is 23.8 Å². The molecule has 15 atom stereocenters. The third-order valence-corrected chi connectivity index (χ3v) is 11.1. The maximum atomic E-state index is 14.1. The number of esters is 1. The van der Waals surface area contributed by atoms with Gasteiger partial charge in [-0.25, -0.2) is 4.79 Å². The Hall–Kier alpha value is -5.60. The van der Waals surface area contributed by atoms with Crippen molar-refractivity contribution in [2.45, 2.75) is 106 Å². The molecule has 3 aliphatic heterocycles. The summed E-state index contributed by atoms with van der Waals surface area (Å²) in [6.07, 6.45) is -22.5. The third kappa shape index (κ3) is 9.84. The van der Waals surface area contributed by atoms with E-state index < -0.39 is 127 Å². The second-order valence-electron chi connectivity index (χ2n) is 15.6. The van der Waals surface area contributed by atoms with E-state index in [4.69, 9.17) is 42.3 Å². The molecule has 3 aliphatic rings. The highest BCUT2D eigenvalue weighted by atomic mass is 16.7. The van der Waals surface area contributed by atoms with Crippen LogP contribution in [-0.2, 0) is 28.5 Å². The molecule has 0 amide bonds. The number of aliphatic hydroxyl groups is 8. The minimum atomic E-state index is -1.96. The number of methoxy groups -OCH3 is 1. The van der Waals surface area contributed by atoms with Gasteiger partial charge in [0.15, 0.2) is 23.5 Å². The minimum absolute atomic E-state index is 0.117. The fourth-order valence-electron chi connectivity index (χ4n) is 7.35. The van der Waals surface area contributed by atoms with Crippen LogP contribution < -0.4 is 19.6 Å². The van der Waals surface area contributed by atoms with Crippen LogP contribution in [0.4, 0.5) is 0 Å². The van der Waals surface area contributed by atoms with Gasteiger partial charge in [0.1, 0.15) is 95.9 Å². The molecule has 3 saturated heterocycles. The van der Waals surface area contributed by atoms with Gasteiger partial charge in [-0.1, -0.05) is 6.07 Å². The number of hydrogen-bond acceptors (Lipinski definition) is 22. The Bertz CT molecular complexity index is 2400. The highest BCUT2D eigenvalue weighted by Crippen LogP contribution is 2.39. The zero-order valence-electron chi connectivity index (χ0n) is 34.6. The fourth-order valence-corrected chi connectivity index (χ4v) is 7.35. The molecule has 0 unspecified atom stereocenters. The van der Waals surface area contributed by atoms with E-state index in [1.807, 2.05) is 0 Å². The number of carbonyl (C=O) groups is 1. The number of fused-ring (bicyclic) bond motifs is 1. The molecular weight excluding hydrogens is 868 g/mol. The molecule has 3 aromatic carbocycles. The Morgan fingerprint density at radius 1 is 0.692 bits per heavy atom. The largest absolute Gasteiger partial charge is 0.508 e. The van der Waals surface area contributed by atoms with Gasteiger partial charge >= 0.3 is 5.97 Å². The van der Waals surface area contributed by atoms with Crippen LogP contribution in [0.15, 0.2) is 69.9 Å². The van der Waals surface area contributed by atoms with E-state index in [9.17, 15) is 65.8 Å². The predicted octanol–water partition coefficient (Wildman–Crippen LogP) is -0.913. The molecule has 65 heavy (non-hydrogen) atoms. The number of rotatable bonds is 12. The molecule has 0 aliphatic carbocycles. The zero-order valence-corrected chi connectivity index (χ0v) is 34.6. The minimum Gasteiger partial charge on any atom is -0.508 e. The lowest BCUT2D eigenvalue weighted by Gasteiger charge is -2.45. The summed E-state index contributed by atoms with van der Waals surface area (Å²) in [6.45, 7) is 2.14. The van der Waals surface area contributed by atoms with Crippen LogP contribution in [0.2, 0.25) is 0 Å². The van der Waals surface area contributed by atoms with E-state index in [0.717, 1.165) is 18.2 Å². The lowest BCUT2D eigenvalue weighted by atomic mass is 9.97. The van der Waals surface area contributed by atoms with Crippen molar-refractivity contribution >= 4 is 23.0 Å². The Labute approximate surface area is 367 Å². The molecule has 4 heterocycles. The van der Waals surface area contributed by atoms with Crippen LogP contribution in [0.3, 0.4) is 0 Å². The van der Waals surface area contributed by atoms with Crippen LogP contribution in [0, 0.1) is 0 Å². The normalized spacial score (nSPS) is 32.9.